The van der Waals surface area contributed by atoms with Gasteiger partial charge < -0.3 is 10.6 Å². The Morgan fingerprint density at radius 1 is 1.19 bits per heavy atom. The van der Waals surface area contributed by atoms with Gasteiger partial charge in [0, 0.05) is 19.1 Å². The van der Waals surface area contributed by atoms with E-state index >= 15 is 0 Å². The van der Waals surface area contributed by atoms with Crippen LogP contribution in [0.1, 0.15) is 45.4 Å². The Morgan fingerprint density at radius 2 is 1.88 bits per heavy atom. The molecule has 2 saturated carbocycles. The van der Waals surface area contributed by atoms with E-state index < -0.39 is 0 Å². The molecule has 3 atom stereocenters. The zero-order valence-electron chi connectivity index (χ0n) is 10.5. The van der Waals surface area contributed by atoms with Gasteiger partial charge in [-0.15, -0.1) is 0 Å². The van der Waals surface area contributed by atoms with Crippen molar-refractivity contribution in [2.24, 2.45) is 11.8 Å². The molecule has 0 aliphatic heterocycles. The maximum Gasteiger partial charge on any atom is 0.224 e. The summed E-state index contributed by atoms with van der Waals surface area (Å²) >= 11 is 0. The molecule has 0 aromatic heterocycles. The zero-order valence-corrected chi connectivity index (χ0v) is 10.5. The van der Waals surface area contributed by atoms with Gasteiger partial charge in [0.1, 0.15) is 0 Å². The number of amides is 1. The third-order valence-electron chi connectivity index (χ3n) is 4.16. The monoisotopic (exact) mass is 224 g/mol. The van der Waals surface area contributed by atoms with Crippen LogP contribution in [0.5, 0.6) is 0 Å². The maximum absolute atomic E-state index is 11.8. The Labute approximate surface area is 98.4 Å². The summed E-state index contributed by atoms with van der Waals surface area (Å²) in [7, 11) is 1.75. The average Bonchev–Trinajstić information content (AvgIpc) is 3.12. The van der Waals surface area contributed by atoms with Gasteiger partial charge in [-0.1, -0.05) is 12.8 Å². The highest BCUT2D eigenvalue weighted by molar-refractivity contribution is 5.79. The molecule has 0 aromatic carbocycles. The molecule has 0 heterocycles. The fraction of sp³-hybridized carbons (Fsp3) is 0.923. The van der Waals surface area contributed by atoms with E-state index in [4.69, 9.17) is 0 Å². The molecule has 3 heteroatoms. The van der Waals surface area contributed by atoms with Crippen LogP contribution in [0, 0.1) is 11.8 Å². The first-order valence-electron chi connectivity index (χ1n) is 6.70. The number of carbonyl (C=O) groups is 1. The predicted molar refractivity (Wildman–Crippen MR) is 65.1 cm³/mol. The minimum Gasteiger partial charge on any atom is -0.359 e. The summed E-state index contributed by atoms with van der Waals surface area (Å²) in [5, 5.41) is 6.49. The third-order valence-corrected chi connectivity index (χ3v) is 4.16. The van der Waals surface area contributed by atoms with Gasteiger partial charge in [-0.2, -0.15) is 0 Å². The first-order chi connectivity index (χ1) is 7.72. The summed E-state index contributed by atoms with van der Waals surface area (Å²) in [6.45, 7) is 2.27. The summed E-state index contributed by atoms with van der Waals surface area (Å²) in [5.41, 5.74) is 0. The SMILES string of the molecule is CNC(=O)C1CCCCC1NC(C)C1CC1. The molecule has 92 valence electrons. The summed E-state index contributed by atoms with van der Waals surface area (Å²) in [6, 6.07) is 1.000. The van der Waals surface area contributed by atoms with Gasteiger partial charge in [-0.3, -0.25) is 4.79 Å². The standard InChI is InChI=1S/C13H24N2O/c1-9(10-7-8-10)15-12-6-4-3-5-11(12)13(16)14-2/h9-12,15H,3-8H2,1-2H3,(H,14,16). The maximum atomic E-state index is 11.8. The molecule has 1 amide bonds. The molecule has 3 unspecified atom stereocenters. The lowest BCUT2D eigenvalue weighted by Crippen LogP contribution is -2.49. The average molecular weight is 224 g/mol. The lowest BCUT2D eigenvalue weighted by molar-refractivity contribution is -0.126. The van der Waals surface area contributed by atoms with Gasteiger partial charge >= 0.3 is 0 Å². The second-order valence-electron chi connectivity index (χ2n) is 5.40. The highest BCUT2D eigenvalue weighted by Gasteiger charge is 2.34. The predicted octanol–water partition coefficient (Wildman–Crippen LogP) is 1.68. The normalized spacial score (nSPS) is 32.1. The highest BCUT2D eigenvalue weighted by Crippen LogP contribution is 2.34. The number of rotatable bonds is 4. The van der Waals surface area contributed by atoms with Crippen molar-refractivity contribution in [2.45, 2.75) is 57.5 Å². The van der Waals surface area contributed by atoms with Crippen molar-refractivity contribution in [3.63, 3.8) is 0 Å². The van der Waals surface area contributed by atoms with Crippen molar-refractivity contribution >= 4 is 5.91 Å². The Kier molecular flexibility index (Phi) is 3.85. The minimum atomic E-state index is 0.194. The smallest absolute Gasteiger partial charge is 0.224 e. The van der Waals surface area contributed by atoms with Crippen LogP contribution in [0.25, 0.3) is 0 Å². The molecular formula is C13H24N2O. The Bertz CT molecular complexity index is 250. The van der Waals surface area contributed by atoms with Gasteiger partial charge in [0.2, 0.25) is 5.91 Å². The van der Waals surface area contributed by atoms with Crippen molar-refractivity contribution < 1.29 is 4.79 Å². The van der Waals surface area contributed by atoms with Crippen LogP contribution in [0.2, 0.25) is 0 Å². The first kappa shape index (κ1) is 11.9. The van der Waals surface area contributed by atoms with Crippen LogP contribution >= 0.6 is 0 Å². The van der Waals surface area contributed by atoms with Crippen LogP contribution < -0.4 is 10.6 Å². The summed E-state index contributed by atoms with van der Waals surface area (Å²) < 4.78 is 0. The van der Waals surface area contributed by atoms with E-state index in [1.165, 1.54) is 25.7 Å². The first-order valence-corrected chi connectivity index (χ1v) is 6.70. The third kappa shape index (κ3) is 2.76. The van der Waals surface area contributed by atoms with Crippen molar-refractivity contribution in [1.82, 2.24) is 10.6 Å². The molecule has 0 bridgehead atoms. The Hall–Kier alpha value is -0.570. The van der Waals surface area contributed by atoms with Crippen LogP contribution in [0.4, 0.5) is 0 Å². The summed E-state index contributed by atoms with van der Waals surface area (Å²) in [4.78, 5) is 11.8. The van der Waals surface area contributed by atoms with E-state index in [-0.39, 0.29) is 11.8 Å². The van der Waals surface area contributed by atoms with Crippen LogP contribution in [0.3, 0.4) is 0 Å². The van der Waals surface area contributed by atoms with Crippen molar-refractivity contribution in [1.29, 1.82) is 0 Å². The van der Waals surface area contributed by atoms with Crippen molar-refractivity contribution in [3.8, 4) is 0 Å². The van der Waals surface area contributed by atoms with Crippen molar-refractivity contribution in [2.75, 3.05) is 7.05 Å². The molecule has 2 fully saturated rings. The van der Waals surface area contributed by atoms with E-state index in [0.717, 1.165) is 18.8 Å². The molecular weight excluding hydrogens is 200 g/mol. The number of carbonyl (C=O) groups excluding carboxylic acids is 1. The minimum absolute atomic E-state index is 0.194. The van der Waals surface area contributed by atoms with E-state index in [1.807, 2.05) is 0 Å². The van der Waals surface area contributed by atoms with Crippen LogP contribution in [-0.2, 0) is 4.79 Å². The Balaban J connectivity index is 1.90. The highest BCUT2D eigenvalue weighted by atomic mass is 16.1. The van der Waals surface area contributed by atoms with Crippen LogP contribution in [0.15, 0.2) is 0 Å². The molecule has 2 N–H and O–H groups in total. The van der Waals surface area contributed by atoms with Gasteiger partial charge in [0.25, 0.3) is 0 Å². The zero-order chi connectivity index (χ0) is 11.5. The number of hydrogen-bond donors (Lipinski definition) is 2. The van der Waals surface area contributed by atoms with E-state index in [0.29, 0.717) is 12.1 Å². The topological polar surface area (TPSA) is 41.1 Å². The quantitative estimate of drug-likeness (QED) is 0.763. The van der Waals surface area contributed by atoms with Gasteiger partial charge in [-0.05, 0) is 38.5 Å². The molecule has 3 nitrogen and oxygen atoms in total. The van der Waals surface area contributed by atoms with Gasteiger partial charge in [-0.25, -0.2) is 0 Å². The lowest BCUT2D eigenvalue weighted by atomic mass is 9.83. The van der Waals surface area contributed by atoms with E-state index in [2.05, 4.69) is 17.6 Å². The lowest BCUT2D eigenvalue weighted by Gasteiger charge is -2.33. The second-order valence-corrected chi connectivity index (χ2v) is 5.40. The molecule has 0 saturated heterocycles. The molecule has 2 aliphatic carbocycles. The van der Waals surface area contributed by atoms with Crippen molar-refractivity contribution in [3.05, 3.63) is 0 Å². The fourth-order valence-corrected chi connectivity index (χ4v) is 2.90. The van der Waals surface area contributed by atoms with Gasteiger partial charge in [0.15, 0.2) is 0 Å². The second kappa shape index (κ2) is 5.17. The van der Waals surface area contributed by atoms with Crippen LogP contribution in [-0.4, -0.2) is 25.0 Å². The molecule has 0 radical (unpaired) electrons. The van der Waals surface area contributed by atoms with Gasteiger partial charge in [0.05, 0.1) is 5.92 Å². The van der Waals surface area contributed by atoms with E-state index in [9.17, 15) is 4.79 Å². The summed E-state index contributed by atoms with van der Waals surface area (Å²) in [6.07, 6.45) is 7.41. The van der Waals surface area contributed by atoms with E-state index in [1.54, 1.807) is 7.05 Å². The molecule has 16 heavy (non-hydrogen) atoms. The largest absolute Gasteiger partial charge is 0.359 e. The number of hydrogen-bond acceptors (Lipinski definition) is 2. The fourth-order valence-electron chi connectivity index (χ4n) is 2.90. The molecule has 2 rings (SSSR count). The molecule has 2 aliphatic rings. The number of nitrogens with one attached hydrogen (secondary N) is 2. The molecule has 0 aromatic rings. The molecule has 0 spiro atoms. The summed E-state index contributed by atoms with van der Waals surface area (Å²) in [5.74, 6) is 1.28. The Morgan fingerprint density at radius 3 is 2.50 bits per heavy atom.